The number of nitrogens with one attached hydrogen (secondary N) is 1. The Hall–Kier alpha value is -3.03. The molecule has 5 rings (SSSR count). The number of rotatable bonds is 6. The minimum atomic E-state index is -0.148. The molecule has 0 spiro atoms. The average Bonchev–Trinajstić information content (AvgIpc) is 3.48. The quantitative estimate of drug-likeness (QED) is 0.299. The summed E-state index contributed by atoms with van der Waals surface area (Å²) in [6, 6.07) is 23.9. The van der Waals surface area contributed by atoms with Crippen molar-refractivity contribution in [3.05, 3.63) is 94.6 Å². The predicted molar refractivity (Wildman–Crippen MR) is 137 cm³/mol. The standard InChI is InChI=1S/C26H22BrN3O2S/c1-32-20-12-8-18(9-13-20)24-14-23(17-6-10-19(27)11-7-17)29-30(24)26(31)16-33-25-15-28-22-5-3-2-4-21(22)25/h2-13,15,24,28H,14,16H2,1H3. The number of benzene rings is 3. The maximum absolute atomic E-state index is 13.4. The minimum absolute atomic E-state index is 0.0155. The molecule has 1 aliphatic heterocycles. The average molecular weight is 520 g/mol. The number of carbonyl (C=O) groups is 1. The van der Waals surface area contributed by atoms with Gasteiger partial charge in [0.1, 0.15) is 5.75 Å². The number of aromatic amines is 1. The Kier molecular flexibility index (Phi) is 6.24. The van der Waals surface area contributed by atoms with Gasteiger partial charge in [0.05, 0.1) is 24.6 Å². The second-order valence-electron chi connectivity index (χ2n) is 7.77. The molecule has 33 heavy (non-hydrogen) atoms. The second-order valence-corrected chi connectivity index (χ2v) is 9.71. The highest BCUT2D eigenvalue weighted by Crippen LogP contribution is 2.35. The monoisotopic (exact) mass is 519 g/mol. The number of amides is 1. The van der Waals surface area contributed by atoms with E-state index < -0.39 is 0 Å². The molecule has 5 nitrogen and oxygen atoms in total. The smallest absolute Gasteiger partial charge is 0.253 e. The lowest BCUT2D eigenvalue weighted by atomic mass is 9.98. The van der Waals surface area contributed by atoms with E-state index in [0.29, 0.717) is 12.2 Å². The number of H-pyrrole nitrogens is 1. The van der Waals surface area contributed by atoms with Crippen LogP contribution in [-0.2, 0) is 4.79 Å². The Morgan fingerprint density at radius 1 is 1.12 bits per heavy atom. The molecule has 1 atom stereocenters. The molecule has 0 radical (unpaired) electrons. The van der Waals surface area contributed by atoms with E-state index in [4.69, 9.17) is 9.84 Å². The molecule has 0 saturated carbocycles. The highest BCUT2D eigenvalue weighted by Gasteiger charge is 2.33. The van der Waals surface area contributed by atoms with Gasteiger partial charge >= 0.3 is 0 Å². The summed E-state index contributed by atoms with van der Waals surface area (Å²) >= 11 is 5.02. The van der Waals surface area contributed by atoms with Gasteiger partial charge in [-0.25, -0.2) is 5.01 Å². The zero-order chi connectivity index (χ0) is 22.8. The van der Waals surface area contributed by atoms with Gasteiger partial charge in [0.2, 0.25) is 0 Å². The van der Waals surface area contributed by atoms with E-state index in [-0.39, 0.29) is 11.9 Å². The Labute approximate surface area is 205 Å². The number of aromatic nitrogens is 1. The number of ether oxygens (including phenoxy) is 1. The summed E-state index contributed by atoms with van der Waals surface area (Å²) in [5.74, 6) is 1.09. The van der Waals surface area contributed by atoms with Crippen LogP contribution in [0.5, 0.6) is 5.75 Å². The fraction of sp³-hybridized carbons (Fsp3) is 0.154. The van der Waals surface area contributed by atoms with Crippen LogP contribution in [0.15, 0.2) is 93.5 Å². The van der Waals surface area contributed by atoms with Crippen molar-refractivity contribution in [2.45, 2.75) is 17.4 Å². The molecule has 7 heteroatoms. The molecule has 4 aromatic rings. The number of hydrogen-bond acceptors (Lipinski definition) is 4. The van der Waals surface area contributed by atoms with Gasteiger partial charge in [-0.2, -0.15) is 5.10 Å². The van der Waals surface area contributed by atoms with Gasteiger partial charge in [0.25, 0.3) is 5.91 Å². The van der Waals surface area contributed by atoms with Crippen LogP contribution in [0.1, 0.15) is 23.6 Å². The van der Waals surface area contributed by atoms with Crippen LogP contribution in [0.4, 0.5) is 0 Å². The van der Waals surface area contributed by atoms with Gasteiger partial charge in [0, 0.05) is 32.9 Å². The lowest BCUT2D eigenvalue weighted by Crippen LogP contribution is -2.28. The van der Waals surface area contributed by atoms with Crippen molar-refractivity contribution < 1.29 is 9.53 Å². The van der Waals surface area contributed by atoms with E-state index >= 15 is 0 Å². The predicted octanol–water partition coefficient (Wildman–Crippen LogP) is 6.41. The van der Waals surface area contributed by atoms with Crippen molar-refractivity contribution >= 4 is 50.2 Å². The number of para-hydroxylation sites is 1. The first-order valence-electron chi connectivity index (χ1n) is 10.6. The number of fused-ring (bicyclic) bond motifs is 1. The molecule has 166 valence electrons. The third-order valence-electron chi connectivity index (χ3n) is 5.75. The SMILES string of the molecule is COc1ccc(C2CC(c3ccc(Br)cc3)=NN2C(=O)CSc2c[nH]c3ccccc23)cc1. The maximum Gasteiger partial charge on any atom is 0.253 e. The van der Waals surface area contributed by atoms with Crippen LogP contribution < -0.4 is 4.74 Å². The molecule has 0 saturated heterocycles. The molecule has 1 aliphatic rings. The lowest BCUT2D eigenvalue weighted by molar-refractivity contribution is -0.130. The number of nitrogens with zero attached hydrogens (tertiary/aromatic N) is 2. The van der Waals surface area contributed by atoms with Crippen molar-refractivity contribution in [2.24, 2.45) is 5.10 Å². The van der Waals surface area contributed by atoms with E-state index in [1.54, 1.807) is 12.1 Å². The van der Waals surface area contributed by atoms with Gasteiger partial charge in [-0.3, -0.25) is 4.79 Å². The number of halogens is 1. The van der Waals surface area contributed by atoms with Gasteiger partial charge in [-0.15, -0.1) is 11.8 Å². The molecule has 1 unspecified atom stereocenters. The lowest BCUT2D eigenvalue weighted by Gasteiger charge is -2.22. The number of hydrazone groups is 1. The first-order chi connectivity index (χ1) is 16.1. The van der Waals surface area contributed by atoms with Crippen molar-refractivity contribution in [1.82, 2.24) is 9.99 Å². The van der Waals surface area contributed by atoms with Crippen LogP contribution in [0.25, 0.3) is 10.9 Å². The van der Waals surface area contributed by atoms with Crippen molar-refractivity contribution in [1.29, 1.82) is 0 Å². The zero-order valence-electron chi connectivity index (χ0n) is 18.0. The van der Waals surface area contributed by atoms with Crippen molar-refractivity contribution in [3.63, 3.8) is 0 Å². The molecule has 3 aromatic carbocycles. The van der Waals surface area contributed by atoms with Crippen LogP contribution in [0, 0.1) is 0 Å². The third kappa shape index (κ3) is 4.56. The Morgan fingerprint density at radius 2 is 1.88 bits per heavy atom. The van der Waals surface area contributed by atoms with Crippen molar-refractivity contribution in [3.8, 4) is 5.75 Å². The summed E-state index contributed by atoms with van der Waals surface area (Å²) in [7, 11) is 1.65. The molecule has 1 aromatic heterocycles. The van der Waals surface area contributed by atoms with Crippen LogP contribution >= 0.6 is 27.7 Å². The van der Waals surface area contributed by atoms with Gasteiger partial charge in [-0.1, -0.05) is 58.4 Å². The molecular formula is C26H22BrN3O2S. The number of methoxy groups -OCH3 is 1. The molecule has 0 aliphatic carbocycles. The van der Waals surface area contributed by atoms with Gasteiger partial charge < -0.3 is 9.72 Å². The molecule has 1 N–H and O–H groups in total. The van der Waals surface area contributed by atoms with E-state index in [0.717, 1.165) is 42.9 Å². The third-order valence-corrected chi connectivity index (χ3v) is 7.32. The Morgan fingerprint density at radius 3 is 2.64 bits per heavy atom. The molecule has 0 fully saturated rings. The topological polar surface area (TPSA) is 57.7 Å². The molecular weight excluding hydrogens is 498 g/mol. The van der Waals surface area contributed by atoms with E-state index in [9.17, 15) is 4.79 Å². The Balaban J connectivity index is 1.40. The molecule has 0 bridgehead atoms. The first-order valence-corrected chi connectivity index (χ1v) is 12.4. The highest BCUT2D eigenvalue weighted by atomic mass is 79.9. The highest BCUT2D eigenvalue weighted by molar-refractivity contribution is 9.10. The summed E-state index contributed by atoms with van der Waals surface area (Å²) in [4.78, 5) is 17.7. The molecule has 1 amide bonds. The second kappa shape index (κ2) is 9.45. The van der Waals surface area contributed by atoms with E-state index in [1.807, 2.05) is 72.9 Å². The number of thioether (sulfide) groups is 1. The minimum Gasteiger partial charge on any atom is -0.497 e. The zero-order valence-corrected chi connectivity index (χ0v) is 20.4. The fourth-order valence-electron chi connectivity index (χ4n) is 4.01. The van der Waals surface area contributed by atoms with Crippen LogP contribution in [-0.4, -0.2) is 34.5 Å². The van der Waals surface area contributed by atoms with Crippen LogP contribution in [0.3, 0.4) is 0 Å². The normalized spacial score (nSPS) is 15.6. The van der Waals surface area contributed by atoms with Crippen molar-refractivity contribution in [2.75, 3.05) is 12.9 Å². The summed E-state index contributed by atoms with van der Waals surface area (Å²) < 4.78 is 6.32. The largest absolute Gasteiger partial charge is 0.497 e. The summed E-state index contributed by atoms with van der Waals surface area (Å²) in [6.45, 7) is 0. The first kappa shape index (κ1) is 21.8. The van der Waals surface area contributed by atoms with E-state index in [1.165, 1.54) is 11.8 Å². The molecule has 2 heterocycles. The number of hydrogen-bond donors (Lipinski definition) is 1. The fourth-order valence-corrected chi connectivity index (χ4v) is 5.16. The van der Waals surface area contributed by atoms with Gasteiger partial charge in [-0.05, 0) is 41.5 Å². The van der Waals surface area contributed by atoms with Gasteiger partial charge in [0.15, 0.2) is 0 Å². The maximum atomic E-state index is 13.4. The van der Waals surface area contributed by atoms with Crippen LogP contribution in [0.2, 0.25) is 0 Å². The Bertz CT molecular complexity index is 1320. The number of carbonyl (C=O) groups excluding carboxylic acids is 1. The summed E-state index contributed by atoms with van der Waals surface area (Å²) in [5.41, 5.74) is 4.04. The summed E-state index contributed by atoms with van der Waals surface area (Å²) in [5, 5.41) is 7.56. The van der Waals surface area contributed by atoms with E-state index in [2.05, 4.69) is 27.0 Å². The summed E-state index contributed by atoms with van der Waals surface area (Å²) in [6.07, 6.45) is 2.63.